The van der Waals surface area contributed by atoms with Gasteiger partial charge in [0.05, 0.1) is 6.42 Å². The molecule has 1 saturated carbocycles. The molecule has 1 aliphatic carbocycles. The summed E-state index contributed by atoms with van der Waals surface area (Å²) in [6.07, 6.45) is 7.97. The molecule has 1 fully saturated rings. The van der Waals surface area contributed by atoms with E-state index in [1.54, 1.807) is 11.9 Å². The van der Waals surface area contributed by atoms with E-state index in [1.807, 2.05) is 0 Å². The van der Waals surface area contributed by atoms with Crippen LogP contribution in [0.4, 0.5) is 0 Å². The van der Waals surface area contributed by atoms with Crippen LogP contribution in [0, 0.1) is 5.92 Å². The molecule has 0 saturated heterocycles. The predicted octanol–water partition coefficient (Wildman–Crippen LogP) is 2.28. The van der Waals surface area contributed by atoms with Crippen LogP contribution >= 0.6 is 0 Å². The monoisotopic (exact) mass is 241 g/mol. The summed E-state index contributed by atoms with van der Waals surface area (Å²) >= 11 is 0. The van der Waals surface area contributed by atoms with Gasteiger partial charge in [0.2, 0.25) is 5.91 Å². The summed E-state index contributed by atoms with van der Waals surface area (Å²) in [5.74, 6) is -0.593. The minimum absolute atomic E-state index is 0.0367. The predicted molar refractivity (Wildman–Crippen MR) is 65.7 cm³/mol. The topological polar surface area (TPSA) is 57.6 Å². The van der Waals surface area contributed by atoms with Crippen molar-refractivity contribution in [2.24, 2.45) is 5.92 Å². The number of nitrogens with zero attached hydrogens (tertiary/aromatic N) is 1. The molecule has 0 spiro atoms. The van der Waals surface area contributed by atoms with Gasteiger partial charge in [0, 0.05) is 19.5 Å². The molecule has 17 heavy (non-hydrogen) atoms. The zero-order valence-electron chi connectivity index (χ0n) is 10.7. The molecule has 0 bridgehead atoms. The van der Waals surface area contributed by atoms with Crippen LogP contribution in [0.5, 0.6) is 0 Å². The minimum atomic E-state index is -0.845. The second-order valence-corrected chi connectivity index (χ2v) is 4.95. The summed E-state index contributed by atoms with van der Waals surface area (Å²) in [5, 5.41) is 8.60. The number of carbonyl (C=O) groups is 2. The maximum Gasteiger partial charge on any atom is 0.305 e. The van der Waals surface area contributed by atoms with E-state index in [9.17, 15) is 9.59 Å². The Bertz CT molecular complexity index is 257. The lowest BCUT2D eigenvalue weighted by Gasteiger charge is -2.24. The normalized spacial score (nSPS) is 18.2. The first kappa shape index (κ1) is 14.0. The molecule has 0 aliphatic heterocycles. The largest absolute Gasteiger partial charge is 0.481 e. The summed E-state index contributed by atoms with van der Waals surface area (Å²) in [6, 6.07) is 0. The van der Waals surface area contributed by atoms with Crippen LogP contribution < -0.4 is 0 Å². The van der Waals surface area contributed by atoms with Crippen LogP contribution in [-0.2, 0) is 9.59 Å². The van der Waals surface area contributed by atoms with Gasteiger partial charge < -0.3 is 10.0 Å². The highest BCUT2D eigenvalue weighted by atomic mass is 16.4. The summed E-state index contributed by atoms with van der Waals surface area (Å²) in [7, 11) is 1.71. The molecule has 98 valence electrons. The van der Waals surface area contributed by atoms with Crippen LogP contribution in [0.3, 0.4) is 0 Å². The van der Waals surface area contributed by atoms with Gasteiger partial charge in [0.15, 0.2) is 0 Å². The summed E-state index contributed by atoms with van der Waals surface area (Å²) < 4.78 is 0. The van der Waals surface area contributed by atoms with Gasteiger partial charge >= 0.3 is 5.97 Å². The molecule has 4 heteroatoms. The van der Waals surface area contributed by atoms with E-state index in [-0.39, 0.29) is 18.2 Å². The molecule has 1 rings (SSSR count). The lowest BCUT2D eigenvalue weighted by Crippen LogP contribution is -2.34. The highest BCUT2D eigenvalue weighted by Crippen LogP contribution is 2.23. The van der Waals surface area contributed by atoms with Crippen LogP contribution in [0.25, 0.3) is 0 Å². The first-order chi connectivity index (χ1) is 8.11. The lowest BCUT2D eigenvalue weighted by molar-refractivity contribution is -0.139. The van der Waals surface area contributed by atoms with Crippen LogP contribution in [0.1, 0.15) is 51.4 Å². The molecular formula is C13H23NO3. The third kappa shape index (κ3) is 5.20. The van der Waals surface area contributed by atoms with Gasteiger partial charge in [-0.2, -0.15) is 0 Å². The Hall–Kier alpha value is -1.06. The van der Waals surface area contributed by atoms with Gasteiger partial charge in [-0.25, -0.2) is 0 Å². The van der Waals surface area contributed by atoms with E-state index in [1.165, 1.54) is 19.3 Å². The number of carbonyl (C=O) groups excluding carboxylic acids is 1. The number of hydrogen-bond donors (Lipinski definition) is 1. The average molecular weight is 241 g/mol. The van der Waals surface area contributed by atoms with E-state index in [0.29, 0.717) is 6.54 Å². The Balaban J connectivity index is 2.39. The zero-order valence-corrected chi connectivity index (χ0v) is 10.7. The highest BCUT2D eigenvalue weighted by molar-refractivity contribution is 5.79. The molecule has 0 radical (unpaired) electrons. The van der Waals surface area contributed by atoms with Crippen molar-refractivity contribution in [1.82, 2.24) is 4.90 Å². The van der Waals surface area contributed by atoms with Crippen molar-refractivity contribution in [1.29, 1.82) is 0 Å². The molecule has 1 aliphatic rings. The van der Waals surface area contributed by atoms with Crippen LogP contribution in [-0.4, -0.2) is 35.5 Å². The molecule has 0 heterocycles. The van der Waals surface area contributed by atoms with Crippen LogP contribution in [0.15, 0.2) is 0 Å². The van der Waals surface area contributed by atoms with Gasteiger partial charge in [-0.1, -0.05) is 32.1 Å². The van der Waals surface area contributed by atoms with Crippen molar-refractivity contribution in [2.75, 3.05) is 13.6 Å². The lowest BCUT2D eigenvalue weighted by atomic mass is 9.90. The van der Waals surface area contributed by atoms with Gasteiger partial charge in [-0.05, 0) is 12.8 Å². The van der Waals surface area contributed by atoms with Crippen molar-refractivity contribution in [3.05, 3.63) is 0 Å². The Morgan fingerprint density at radius 1 is 1.12 bits per heavy atom. The minimum Gasteiger partial charge on any atom is -0.481 e. The zero-order chi connectivity index (χ0) is 12.7. The fraction of sp³-hybridized carbons (Fsp3) is 0.846. The number of carboxylic acids is 1. The molecule has 1 amide bonds. The molecule has 0 unspecified atom stereocenters. The standard InChI is InChI=1S/C13H23NO3/c1-14(10-9-12(15)16)13(17)11-7-5-3-2-4-6-8-11/h11H,2-10H2,1H3,(H,15,16). The van der Waals surface area contributed by atoms with Crippen molar-refractivity contribution >= 4 is 11.9 Å². The van der Waals surface area contributed by atoms with E-state index >= 15 is 0 Å². The van der Waals surface area contributed by atoms with Crippen molar-refractivity contribution < 1.29 is 14.7 Å². The Morgan fingerprint density at radius 2 is 1.65 bits per heavy atom. The van der Waals surface area contributed by atoms with Gasteiger partial charge in [-0.3, -0.25) is 9.59 Å². The second-order valence-electron chi connectivity index (χ2n) is 4.95. The Kier molecular flexibility index (Phi) is 6.01. The fourth-order valence-corrected chi connectivity index (χ4v) is 2.39. The van der Waals surface area contributed by atoms with E-state index in [0.717, 1.165) is 25.7 Å². The third-order valence-electron chi connectivity index (χ3n) is 3.49. The molecule has 0 aromatic heterocycles. The number of rotatable bonds is 4. The van der Waals surface area contributed by atoms with Gasteiger partial charge in [0.25, 0.3) is 0 Å². The number of aliphatic carboxylic acids is 1. The average Bonchev–Trinajstić information content (AvgIpc) is 2.24. The van der Waals surface area contributed by atoms with Crippen LogP contribution in [0.2, 0.25) is 0 Å². The second kappa shape index (κ2) is 7.30. The Morgan fingerprint density at radius 3 is 2.18 bits per heavy atom. The first-order valence-corrected chi connectivity index (χ1v) is 6.58. The molecule has 0 aromatic rings. The van der Waals surface area contributed by atoms with Crippen molar-refractivity contribution in [2.45, 2.75) is 51.4 Å². The van der Waals surface area contributed by atoms with Crippen molar-refractivity contribution in [3.8, 4) is 0 Å². The first-order valence-electron chi connectivity index (χ1n) is 6.58. The number of hydrogen-bond acceptors (Lipinski definition) is 2. The highest BCUT2D eigenvalue weighted by Gasteiger charge is 2.22. The number of amides is 1. The molecule has 0 atom stereocenters. The summed E-state index contributed by atoms with van der Waals surface area (Å²) in [4.78, 5) is 24.2. The van der Waals surface area contributed by atoms with E-state index in [2.05, 4.69) is 0 Å². The molecular weight excluding hydrogens is 218 g/mol. The van der Waals surface area contributed by atoms with Crippen molar-refractivity contribution in [3.63, 3.8) is 0 Å². The third-order valence-corrected chi connectivity index (χ3v) is 3.49. The van der Waals surface area contributed by atoms with Gasteiger partial charge in [-0.15, -0.1) is 0 Å². The fourth-order valence-electron chi connectivity index (χ4n) is 2.39. The summed E-state index contributed by atoms with van der Waals surface area (Å²) in [5.41, 5.74) is 0. The molecule has 0 aromatic carbocycles. The quantitative estimate of drug-likeness (QED) is 0.821. The maximum atomic E-state index is 12.1. The van der Waals surface area contributed by atoms with E-state index in [4.69, 9.17) is 5.11 Å². The maximum absolute atomic E-state index is 12.1. The SMILES string of the molecule is CN(CCC(=O)O)C(=O)C1CCCCCCC1. The molecule has 4 nitrogen and oxygen atoms in total. The summed E-state index contributed by atoms with van der Waals surface area (Å²) in [6.45, 7) is 0.324. The Labute approximate surface area is 103 Å². The molecule has 1 N–H and O–H groups in total. The van der Waals surface area contributed by atoms with Gasteiger partial charge in [0.1, 0.15) is 0 Å². The smallest absolute Gasteiger partial charge is 0.305 e. The van der Waals surface area contributed by atoms with E-state index < -0.39 is 5.97 Å². The number of carboxylic acid groups (broad SMARTS) is 1.